The maximum Gasteiger partial charge on any atom is 0.206 e. The first-order chi connectivity index (χ1) is 19.5. The van der Waals surface area contributed by atoms with Gasteiger partial charge in [-0.3, -0.25) is 0 Å². The smallest absolute Gasteiger partial charge is 0.206 e. The Labute approximate surface area is 239 Å². The van der Waals surface area contributed by atoms with Crippen LogP contribution in [0.25, 0.3) is 0 Å². The van der Waals surface area contributed by atoms with Crippen molar-refractivity contribution in [3.05, 3.63) is 90.5 Å². The molecule has 3 aromatic carbocycles. The van der Waals surface area contributed by atoms with Gasteiger partial charge in [0.05, 0.1) is 21.3 Å². The molecule has 208 valence electrons. The van der Waals surface area contributed by atoms with E-state index in [-0.39, 0.29) is 5.41 Å². The van der Waals surface area contributed by atoms with Crippen LogP contribution in [-0.2, 0) is 15.3 Å². The second-order valence-electron chi connectivity index (χ2n) is 12.0. The topological polar surface area (TPSA) is 64.4 Å². The lowest BCUT2D eigenvalue weighted by Crippen LogP contribution is -2.53. The van der Waals surface area contributed by atoms with Crippen molar-refractivity contribution >= 4 is 15.5 Å². The van der Waals surface area contributed by atoms with E-state index in [2.05, 4.69) is 46.2 Å². The normalized spacial score (nSPS) is 21.0. The van der Waals surface area contributed by atoms with E-state index in [0.717, 1.165) is 51.3 Å². The minimum atomic E-state index is -3.49. The van der Waals surface area contributed by atoms with Crippen molar-refractivity contribution < 1.29 is 8.42 Å². The van der Waals surface area contributed by atoms with Crippen molar-refractivity contribution in [2.45, 2.75) is 53.7 Å². The fourth-order valence-corrected chi connectivity index (χ4v) is 8.83. The quantitative estimate of drug-likeness (QED) is 0.327. The maximum atomic E-state index is 12.9. The lowest BCUT2D eigenvalue weighted by Gasteiger charge is -2.47. The minimum Gasteiger partial charge on any atom is -0.371 e. The summed E-state index contributed by atoms with van der Waals surface area (Å²) in [6.45, 7) is 5.22. The summed E-state index contributed by atoms with van der Waals surface area (Å²) in [6.07, 6.45) is 7.05. The van der Waals surface area contributed by atoms with Gasteiger partial charge in [0.15, 0.2) is 0 Å². The zero-order valence-corrected chi connectivity index (χ0v) is 24.0. The first kappa shape index (κ1) is 27.1. The average Bonchev–Trinajstić information content (AvgIpc) is 3.53. The van der Waals surface area contributed by atoms with Crippen LogP contribution in [0.1, 0.15) is 44.1 Å². The molecule has 6 heteroatoms. The van der Waals surface area contributed by atoms with Crippen molar-refractivity contribution in [1.29, 1.82) is 5.26 Å². The van der Waals surface area contributed by atoms with Gasteiger partial charge in [-0.15, -0.1) is 0 Å². The molecule has 1 unspecified atom stereocenters. The van der Waals surface area contributed by atoms with Crippen molar-refractivity contribution in [2.75, 3.05) is 37.6 Å². The van der Waals surface area contributed by atoms with Gasteiger partial charge >= 0.3 is 0 Å². The molecule has 3 fully saturated rings. The van der Waals surface area contributed by atoms with E-state index in [1.807, 2.05) is 18.2 Å². The first-order valence-electron chi connectivity index (χ1n) is 14.8. The summed E-state index contributed by atoms with van der Waals surface area (Å²) >= 11 is 0. The summed E-state index contributed by atoms with van der Waals surface area (Å²) < 4.78 is 25.8. The molecule has 0 bridgehead atoms. The highest BCUT2D eigenvalue weighted by Crippen LogP contribution is 2.50. The Morgan fingerprint density at radius 3 is 1.90 bits per heavy atom. The van der Waals surface area contributed by atoms with E-state index in [1.165, 1.54) is 31.2 Å². The molecule has 0 N–H and O–H groups in total. The molecular formula is C34H39N3O2S. The highest BCUT2D eigenvalue weighted by atomic mass is 32.2. The van der Waals surface area contributed by atoms with E-state index in [1.54, 1.807) is 36.4 Å². The van der Waals surface area contributed by atoms with E-state index < -0.39 is 9.84 Å². The van der Waals surface area contributed by atoms with Gasteiger partial charge in [0.2, 0.25) is 9.84 Å². The second kappa shape index (κ2) is 11.4. The molecule has 1 saturated carbocycles. The van der Waals surface area contributed by atoms with E-state index >= 15 is 0 Å². The van der Waals surface area contributed by atoms with Crippen LogP contribution in [0, 0.1) is 29.1 Å². The van der Waals surface area contributed by atoms with Gasteiger partial charge in [0.25, 0.3) is 0 Å². The SMILES string of the molecule is N#CC(c1ccccc1)(C1CCCC1)C1CCN(CC2CN(c3ccc(S(=O)(=O)c4ccccc4)cc3)C2)CC1. The van der Waals surface area contributed by atoms with E-state index in [0.29, 0.717) is 27.5 Å². The summed E-state index contributed by atoms with van der Waals surface area (Å²) in [4.78, 5) is 5.61. The summed E-state index contributed by atoms with van der Waals surface area (Å²) in [5.41, 5.74) is 1.97. The maximum absolute atomic E-state index is 12.9. The summed E-state index contributed by atoms with van der Waals surface area (Å²) in [5.74, 6) is 1.52. The van der Waals surface area contributed by atoms with Gasteiger partial charge in [-0.1, -0.05) is 61.4 Å². The van der Waals surface area contributed by atoms with Crippen molar-refractivity contribution in [3.63, 3.8) is 0 Å². The Kier molecular flexibility index (Phi) is 7.70. The number of sulfone groups is 1. The molecular weight excluding hydrogens is 514 g/mol. The molecule has 6 rings (SSSR count). The van der Waals surface area contributed by atoms with Crippen LogP contribution in [0.4, 0.5) is 5.69 Å². The predicted molar refractivity (Wildman–Crippen MR) is 159 cm³/mol. The molecule has 2 aliphatic heterocycles. The largest absolute Gasteiger partial charge is 0.371 e. The van der Waals surface area contributed by atoms with Crippen molar-refractivity contribution in [1.82, 2.24) is 4.90 Å². The molecule has 3 aliphatic rings. The lowest BCUT2D eigenvalue weighted by atomic mass is 9.60. The van der Waals surface area contributed by atoms with Gasteiger partial charge in [0.1, 0.15) is 0 Å². The Balaban J connectivity index is 1.04. The number of piperidine rings is 1. The molecule has 0 spiro atoms. The van der Waals surface area contributed by atoms with Crippen molar-refractivity contribution in [3.8, 4) is 6.07 Å². The highest BCUT2D eigenvalue weighted by molar-refractivity contribution is 7.91. The Bertz CT molecular complexity index is 1420. The van der Waals surface area contributed by atoms with Gasteiger partial charge in [0, 0.05) is 31.2 Å². The average molecular weight is 554 g/mol. The van der Waals surface area contributed by atoms with Crippen molar-refractivity contribution in [2.24, 2.45) is 17.8 Å². The van der Waals surface area contributed by atoms with E-state index in [4.69, 9.17) is 0 Å². The number of rotatable bonds is 8. The molecule has 40 heavy (non-hydrogen) atoms. The molecule has 0 aromatic heterocycles. The number of hydrogen-bond acceptors (Lipinski definition) is 5. The summed E-state index contributed by atoms with van der Waals surface area (Å²) in [6, 6.07) is 29.5. The molecule has 5 nitrogen and oxygen atoms in total. The fourth-order valence-electron chi connectivity index (χ4n) is 7.55. The number of nitriles is 1. The van der Waals surface area contributed by atoms with Crippen LogP contribution in [0.5, 0.6) is 0 Å². The van der Waals surface area contributed by atoms with Gasteiger partial charge < -0.3 is 9.80 Å². The summed E-state index contributed by atoms with van der Waals surface area (Å²) in [5, 5.41) is 10.7. The van der Waals surface area contributed by atoms with Crippen LogP contribution in [0.2, 0.25) is 0 Å². The van der Waals surface area contributed by atoms with Crippen LogP contribution >= 0.6 is 0 Å². The number of anilines is 1. The monoisotopic (exact) mass is 553 g/mol. The molecule has 0 radical (unpaired) electrons. The summed E-state index contributed by atoms with van der Waals surface area (Å²) in [7, 11) is -3.49. The minimum absolute atomic E-state index is 0.328. The molecule has 2 saturated heterocycles. The standard InChI is InChI=1S/C34H39N3O2S/c35-26-34(29-11-7-8-12-29,28-9-3-1-4-10-28)30-19-21-36(22-20-30)23-27-24-37(25-27)31-15-17-33(18-16-31)40(38,39)32-13-5-2-6-14-32/h1-6,9-10,13-18,27,29-30H,7-8,11-12,19-25H2. The zero-order valence-electron chi connectivity index (χ0n) is 23.2. The number of likely N-dealkylation sites (tertiary alicyclic amines) is 1. The Morgan fingerprint density at radius 1 is 0.750 bits per heavy atom. The number of hydrogen-bond donors (Lipinski definition) is 0. The van der Waals surface area contributed by atoms with Gasteiger partial charge in [-0.25, -0.2) is 8.42 Å². The molecule has 0 amide bonds. The highest BCUT2D eigenvalue weighted by Gasteiger charge is 2.48. The molecule has 2 heterocycles. The fraction of sp³-hybridized carbons (Fsp3) is 0.441. The Hall–Kier alpha value is -3.14. The third kappa shape index (κ3) is 5.06. The number of nitrogens with zero attached hydrogens (tertiary/aromatic N) is 3. The first-order valence-corrected chi connectivity index (χ1v) is 16.3. The van der Waals surface area contributed by atoms with Gasteiger partial charge in [-0.2, -0.15) is 5.26 Å². The Morgan fingerprint density at radius 2 is 1.30 bits per heavy atom. The third-order valence-electron chi connectivity index (χ3n) is 9.71. The van der Waals surface area contributed by atoms with E-state index in [9.17, 15) is 13.7 Å². The third-order valence-corrected chi connectivity index (χ3v) is 11.5. The zero-order chi connectivity index (χ0) is 27.6. The molecule has 1 aliphatic carbocycles. The van der Waals surface area contributed by atoms with Crippen LogP contribution in [-0.4, -0.2) is 46.0 Å². The molecule has 1 atom stereocenters. The van der Waals surface area contributed by atoms with Crippen LogP contribution < -0.4 is 4.90 Å². The number of benzene rings is 3. The predicted octanol–water partition coefficient (Wildman–Crippen LogP) is 6.32. The van der Waals surface area contributed by atoms with Crippen LogP contribution in [0.3, 0.4) is 0 Å². The van der Waals surface area contributed by atoms with Crippen LogP contribution in [0.15, 0.2) is 94.7 Å². The van der Waals surface area contributed by atoms with Gasteiger partial charge in [-0.05, 0) is 92.6 Å². The molecule has 3 aromatic rings. The second-order valence-corrected chi connectivity index (χ2v) is 13.9. The lowest BCUT2D eigenvalue weighted by molar-refractivity contribution is 0.103.